The van der Waals surface area contributed by atoms with Crippen molar-refractivity contribution in [3.8, 4) is 5.75 Å². The van der Waals surface area contributed by atoms with Crippen molar-refractivity contribution in [3.05, 3.63) is 29.6 Å². The Morgan fingerprint density at radius 2 is 2.14 bits per heavy atom. The maximum atomic E-state index is 13.9. The van der Waals surface area contributed by atoms with Gasteiger partial charge in [-0.1, -0.05) is 13.0 Å². The summed E-state index contributed by atoms with van der Waals surface area (Å²) in [6.07, 6.45) is 2.49. The molecular formula is C16H25FN2O2. The van der Waals surface area contributed by atoms with Crippen molar-refractivity contribution in [2.24, 2.45) is 5.73 Å². The van der Waals surface area contributed by atoms with Gasteiger partial charge in [0.25, 0.3) is 0 Å². The van der Waals surface area contributed by atoms with E-state index in [0.29, 0.717) is 25.9 Å². The number of halogens is 1. The number of carbonyl (C=O) groups is 1. The summed E-state index contributed by atoms with van der Waals surface area (Å²) in [5.41, 5.74) is 6.73. The normalized spacial score (nSPS) is 12.0. The highest BCUT2D eigenvalue weighted by molar-refractivity contribution is 5.75. The Labute approximate surface area is 126 Å². The number of ether oxygens (including phenoxy) is 1. The lowest BCUT2D eigenvalue weighted by Gasteiger charge is -2.12. The van der Waals surface area contributed by atoms with Crippen molar-refractivity contribution in [1.29, 1.82) is 0 Å². The number of nitrogens with two attached hydrogens (primary N) is 1. The molecule has 0 saturated carbocycles. The minimum atomic E-state index is -0.380. The van der Waals surface area contributed by atoms with Gasteiger partial charge in [0, 0.05) is 26.6 Å². The van der Waals surface area contributed by atoms with Crippen LogP contribution in [0.2, 0.25) is 0 Å². The molecule has 118 valence electrons. The van der Waals surface area contributed by atoms with Gasteiger partial charge in [0.15, 0.2) is 11.6 Å². The lowest BCUT2D eigenvalue weighted by atomic mass is 10.0. The van der Waals surface area contributed by atoms with Crippen LogP contribution in [0.5, 0.6) is 5.75 Å². The van der Waals surface area contributed by atoms with E-state index in [1.807, 2.05) is 13.0 Å². The Hall–Kier alpha value is -1.62. The van der Waals surface area contributed by atoms with E-state index < -0.39 is 0 Å². The van der Waals surface area contributed by atoms with Crippen LogP contribution in [0.4, 0.5) is 4.39 Å². The van der Waals surface area contributed by atoms with Crippen LogP contribution in [0, 0.1) is 5.82 Å². The van der Waals surface area contributed by atoms with E-state index in [0.717, 1.165) is 12.0 Å². The van der Waals surface area contributed by atoms with Crippen LogP contribution >= 0.6 is 0 Å². The SMILES string of the molecule is CCC(N)Cc1ccc(OCCCC(=O)N(C)C)c(F)c1. The van der Waals surface area contributed by atoms with Crippen molar-refractivity contribution in [3.63, 3.8) is 0 Å². The molecule has 0 aliphatic rings. The first-order valence-corrected chi connectivity index (χ1v) is 7.31. The van der Waals surface area contributed by atoms with Crippen molar-refractivity contribution >= 4 is 5.91 Å². The number of benzene rings is 1. The second kappa shape index (κ2) is 8.62. The summed E-state index contributed by atoms with van der Waals surface area (Å²) >= 11 is 0. The highest BCUT2D eigenvalue weighted by Crippen LogP contribution is 2.19. The molecule has 1 rings (SSSR count). The lowest BCUT2D eigenvalue weighted by molar-refractivity contribution is -0.128. The van der Waals surface area contributed by atoms with Crippen LogP contribution in [0.15, 0.2) is 18.2 Å². The van der Waals surface area contributed by atoms with Crippen LogP contribution in [-0.4, -0.2) is 37.6 Å². The maximum absolute atomic E-state index is 13.9. The minimum Gasteiger partial charge on any atom is -0.491 e. The summed E-state index contributed by atoms with van der Waals surface area (Å²) in [5.74, 6) is -0.112. The van der Waals surface area contributed by atoms with Crippen molar-refractivity contribution < 1.29 is 13.9 Å². The zero-order chi connectivity index (χ0) is 15.8. The van der Waals surface area contributed by atoms with Gasteiger partial charge < -0.3 is 15.4 Å². The van der Waals surface area contributed by atoms with Gasteiger partial charge in [0.1, 0.15) is 0 Å². The standard InChI is InChI=1S/C16H25FN2O2/c1-4-13(18)10-12-7-8-15(14(17)11-12)21-9-5-6-16(20)19(2)3/h7-8,11,13H,4-6,9-10,18H2,1-3H3. The van der Waals surface area contributed by atoms with Gasteiger partial charge in [-0.25, -0.2) is 4.39 Å². The first-order chi connectivity index (χ1) is 9.93. The summed E-state index contributed by atoms with van der Waals surface area (Å²) in [4.78, 5) is 12.9. The first-order valence-electron chi connectivity index (χ1n) is 7.31. The molecular weight excluding hydrogens is 271 g/mol. The van der Waals surface area contributed by atoms with Crippen molar-refractivity contribution in [2.45, 2.75) is 38.6 Å². The summed E-state index contributed by atoms with van der Waals surface area (Å²) in [7, 11) is 3.42. The zero-order valence-electron chi connectivity index (χ0n) is 13.1. The predicted octanol–water partition coefficient (Wildman–Crippen LogP) is 2.35. The van der Waals surface area contributed by atoms with Gasteiger partial charge in [-0.3, -0.25) is 4.79 Å². The second-order valence-electron chi connectivity index (χ2n) is 5.38. The number of rotatable bonds is 8. The van der Waals surface area contributed by atoms with Gasteiger partial charge in [-0.05, 0) is 37.0 Å². The molecule has 0 bridgehead atoms. The molecule has 1 unspecified atom stereocenters. The number of amides is 1. The average molecular weight is 296 g/mol. The Balaban J connectivity index is 2.44. The molecule has 0 aliphatic heterocycles. The van der Waals surface area contributed by atoms with E-state index in [9.17, 15) is 9.18 Å². The zero-order valence-corrected chi connectivity index (χ0v) is 13.1. The fraction of sp³-hybridized carbons (Fsp3) is 0.562. The molecule has 4 nitrogen and oxygen atoms in total. The number of carbonyl (C=O) groups excluding carboxylic acids is 1. The largest absolute Gasteiger partial charge is 0.491 e. The topological polar surface area (TPSA) is 55.6 Å². The Kier molecular flexibility index (Phi) is 7.15. The number of hydrogen-bond donors (Lipinski definition) is 1. The molecule has 2 N–H and O–H groups in total. The third kappa shape index (κ3) is 6.12. The molecule has 21 heavy (non-hydrogen) atoms. The van der Waals surface area contributed by atoms with E-state index in [2.05, 4.69) is 0 Å². The number of nitrogens with zero attached hydrogens (tertiary/aromatic N) is 1. The average Bonchev–Trinajstić information content (AvgIpc) is 2.44. The van der Waals surface area contributed by atoms with Gasteiger partial charge in [-0.15, -0.1) is 0 Å². The molecule has 0 saturated heterocycles. The quantitative estimate of drug-likeness (QED) is 0.749. The van der Waals surface area contributed by atoms with E-state index >= 15 is 0 Å². The predicted molar refractivity (Wildman–Crippen MR) is 81.8 cm³/mol. The Bertz CT molecular complexity index is 464. The van der Waals surface area contributed by atoms with Crippen LogP contribution in [-0.2, 0) is 11.2 Å². The molecule has 0 aliphatic carbocycles. The third-order valence-electron chi connectivity index (χ3n) is 3.31. The van der Waals surface area contributed by atoms with E-state index in [-0.39, 0.29) is 23.5 Å². The summed E-state index contributed by atoms with van der Waals surface area (Å²) in [6, 6.07) is 4.98. The van der Waals surface area contributed by atoms with E-state index in [1.165, 1.54) is 11.0 Å². The van der Waals surface area contributed by atoms with E-state index in [1.54, 1.807) is 20.2 Å². The fourth-order valence-corrected chi connectivity index (χ4v) is 1.86. The lowest BCUT2D eigenvalue weighted by Crippen LogP contribution is -2.22. The van der Waals surface area contributed by atoms with Crippen LogP contribution in [0.1, 0.15) is 31.7 Å². The molecule has 5 heteroatoms. The highest BCUT2D eigenvalue weighted by atomic mass is 19.1. The Morgan fingerprint density at radius 3 is 2.71 bits per heavy atom. The molecule has 0 heterocycles. The third-order valence-corrected chi connectivity index (χ3v) is 3.31. The van der Waals surface area contributed by atoms with Gasteiger partial charge in [-0.2, -0.15) is 0 Å². The highest BCUT2D eigenvalue weighted by Gasteiger charge is 2.08. The fourth-order valence-electron chi connectivity index (χ4n) is 1.86. The smallest absolute Gasteiger partial charge is 0.222 e. The van der Waals surface area contributed by atoms with Gasteiger partial charge in [0.05, 0.1) is 6.61 Å². The molecule has 0 radical (unpaired) electrons. The van der Waals surface area contributed by atoms with E-state index in [4.69, 9.17) is 10.5 Å². The monoisotopic (exact) mass is 296 g/mol. The van der Waals surface area contributed by atoms with Gasteiger partial charge >= 0.3 is 0 Å². The molecule has 0 fully saturated rings. The first kappa shape index (κ1) is 17.4. The summed E-state index contributed by atoms with van der Waals surface area (Å²) in [6.45, 7) is 2.33. The number of hydrogen-bond acceptors (Lipinski definition) is 3. The van der Waals surface area contributed by atoms with Crippen molar-refractivity contribution in [1.82, 2.24) is 4.90 Å². The maximum Gasteiger partial charge on any atom is 0.222 e. The minimum absolute atomic E-state index is 0.0444. The summed E-state index contributed by atoms with van der Waals surface area (Å²) < 4.78 is 19.3. The second-order valence-corrected chi connectivity index (χ2v) is 5.38. The van der Waals surface area contributed by atoms with Gasteiger partial charge in [0.2, 0.25) is 5.91 Å². The summed E-state index contributed by atoms with van der Waals surface area (Å²) in [5, 5.41) is 0. The molecule has 1 aromatic rings. The van der Waals surface area contributed by atoms with Crippen LogP contribution in [0.25, 0.3) is 0 Å². The van der Waals surface area contributed by atoms with Crippen LogP contribution in [0.3, 0.4) is 0 Å². The molecule has 0 aromatic heterocycles. The molecule has 1 aromatic carbocycles. The molecule has 1 atom stereocenters. The molecule has 0 spiro atoms. The van der Waals surface area contributed by atoms with Crippen LogP contribution < -0.4 is 10.5 Å². The van der Waals surface area contributed by atoms with Crippen molar-refractivity contribution in [2.75, 3.05) is 20.7 Å². The Morgan fingerprint density at radius 1 is 1.43 bits per heavy atom. The molecule has 1 amide bonds.